The van der Waals surface area contributed by atoms with Gasteiger partial charge in [-0.1, -0.05) is 6.92 Å². The van der Waals surface area contributed by atoms with E-state index in [-0.39, 0.29) is 6.61 Å². The lowest BCUT2D eigenvalue weighted by Crippen LogP contribution is -2.40. The van der Waals surface area contributed by atoms with Crippen LogP contribution in [0.2, 0.25) is 0 Å². The fraction of sp³-hybridized carbons (Fsp3) is 0.900. The average molecular weight is 220 g/mol. The first-order valence-electron chi connectivity index (χ1n) is 5.06. The molecule has 0 heterocycles. The molecule has 0 rings (SSSR count). The van der Waals surface area contributed by atoms with Gasteiger partial charge in [0.1, 0.15) is 12.1 Å². The van der Waals surface area contributed by atoms with Gasteiger partial charge in [-0.25, -0.2) is 8.78 Å². The maximum atomic E-state index is 11.7. The minimum atomic E-state index is -2.42. The first-order chi connectivity index (χ1) is 7.04. The van der Waals surface area contributed by atoms with Crippen LogP contribution in [0.3, 0.4) is 0 Å². The van der Waals surface area contributed by atoms with Crippen molar-refractivity contribution in [1.82, 2.24) is 5.32 Å². The Labute approximate surface area is 89.4 Å². The van der Waals surface area contributed by atoms with Gasteiger partial charge >= 0.3 is 0 Å². The van der Waals surface area contributed by atoms with Crippen LogP contribution < -0.4 is 5.32 Å². The number of nitrogens with one attached hydrogen (secondary N) is 1. The van der Waals surface area contributed by atoms with Crippen molar-refractivity contribution in [2.45, 2.75) is 38.7 Å². The van der Waals surface area contributed by atoms with Crippen LogP contribution in [0.1, 0.15) is 26.7 Å². The summed E-state index contributed by atoms with van der Waals surface area (Å²) in [6.45, 7) is 4.17. The second-order valence-corrected chi connectivity index (χ2v) is 3.54. The largest absolute Gasteiger partial charge is 0.376 e. The third-order valence-electron chi connectivity index (χ3n) is 2.02. The molecule has 0 aromatic heterocycles. The van der Waals surface area contributed by atoms with E-state index in [1.165, 1.54) is 0 Å². The Morgan fingerprint density at radius 1 is 1.53 bits per heavy atom. The Balaban J connectivity index is 3.60. The van der Waals surface area contributed by atoms with E-state index in [1.807, 2.05) is 6.92 Å². The van der Waals surface area contributed by atoms with E-state index in [2.05, 4.69) is 11.4 Å². The van der Waals surface area contributed by atoms with Crippen LogP contribution in [0.4, 0.5) is 8.78 Å². The SMILES string of the molecule is CCNC(C)(C#N)CCCOCC(F)F. The van der Waals surface area contributed by atoms with Crippen molar-refractivity contribution in [2.75, 3.05) is 19.8 Å². The molecule has 0 aliphatic rings. The molecule has 0 aromatic carbocycles. The van der Waals surface area contributed by atoms with Crippen molar-refractivity contribution in [3.63, 3.8) is 0 Å². The lowest BCUT2D eigenvalue weighted by molar-refractivity contribution is 0.0153. The van der Waals surface area contributed by atoms with Gasteiger partial charge in [-0.3, -0.25) is 5.32 Å². The number of nitriles is 1. The predicted octanol–water partition coefficient (Wildman–Crippen LogP) is 1.94. The molecule has 0 aliphatic heterocycles. The second kappa shape index (κ2) is 7.55. The lowest BCUT2D eigenvalue weighted by Gasteiger charge is -2.22. The summed E-state index contributed by atoms with van der Waals surface area (Å²) < 4.78 is 28.1. The van der Waals surface area contributed by atoms with E-state index in [4.69, 9.17) is 10.00 Å². The molecule has 0 aliphatic carbocycles. The van der Waals surface area contributed by atoms with Gasteiger partial charge in [0.15, 0.2) is 0 Å². The van der Waals surface area contributed by atoms with Crippen molar-refractivity contribution in [1.29, 1.82) is 5.26 Å². The van der Waals surface area contributed by atoms with Gasteiger partial charge in [0.2, 0.25) is 0 Å². The molecule has 0 aromatic rings. The molecule has 0 fully saturated rings. The number of ether oxygens (including phenoxy) is 1. The Kier molecular flexibility index (Phi) is 7.18. The third kappa shape index (κ3) is 7.23. The van der Waals surface area contributed by atoms with Gasteiger partial charge in [-0.05, 0) is 26.3 Å². The molecule has 3 nitrogen and oxygen atoms in total. The molecular formula is C10H18F2N2O. The molecule has 1 N–H and O–H groups in total. The van der Waals surface area contributed by atoms with Crippen LogP contribution >= 0.6 is 0 Å². The highest BCUT2D eigenvalue weighted by molar-refractivity contribution is 5.03. The maximum absolute atomic E-state index is 11.7. The number of nitrogens with zero attached hydrogens (tertiary/aromatic N) is 1. The van der Waals surface area contributed by atoms with Crippen LogP contribution in [-0.2, 0) is 4.74 Å². The van der Waals surface area contributed by atoms with Crippen LogP contribution in [0, 0.1) is 11.3 Å². The van der Waals surface area contributed by atoms with Crippen LogP contribution in [0.15, 0.2) is 0 Å². The average Bonchev–Trinajstić information content (AvgIpc) is 2.17. The minimum absolute atomic E-state index is 0.271. The number of hydrogen-bond donors (Lipinski definition) is 1. The zero-order valence-corrected chi connectivity index (χ0v) is 9.22. The zero-order valence-electron chi connectivity index (χ0n) is 9.22. The zero-order chi connectivity index (χ0) is 11.7. The fourth-order valence-electron chi connectivity index (χ4n) is 1.27. The van der Waals surface area contributed by atoms with Crippen molar-refractivity contribution in [3.05, 3.63) is 0 Å². The summed E-state index contributed by atoms with van der Waals surface area (Å²) in [6.07, 6.45) is -1.22. The highest BCUT2D eigenvalue weighted by Crippen LogP contribution is 2.11. The van der Waals surface area contributed by atoms with Gasteiger partial charge in [-0.2, -0.15) is 5.26 Å². The van der Waals surface area contributed by atoms with E-state index in [1.54, 1.807) is 6.92 Å². The summed E-state index contributed by atoms with van der Waals surface area (Å²) in [4.78, 5) is 0. The van der Waals surface area contributed by atoms with Gasteiger partial charge in [0, 0.05) is 6.61 Å². The van der Waals surface area contributed by atoms with E-state index in [0.29, 0.717) is 19.4 Å². The summed E-state index contributed by atoms with van der Waals surface area (Å²) in [5.74, 6) is 0. The summed E-state index contributed by atoms with van der Waals surface area (Å²) in [5, 5.41) is 11.9. The molecule has 1 unspecified atom stereocenters. The molecule has 0 saturated heterocycles. The number of alkyl halides is 2. The number of halogens is 2. The summed E-state index contributed by atoms with van der Waals surface area (Å²) in [5.41, 5.74) is -0.580. The van der Waals surface area contributed by atoms with E-state index in [0.717, 1.165) is 0 Å². The molecule has 0 amide bonds. The predicted molar refractivity (Wildman–Crippen MR) is 53.8 cm³/mol. The third-order valence-corrected chi connectivity index (χ3v) is 2.02. The molecule has 0 spiro atoms. The topological polar surface area (TPSA) is 45.0 Å². The Hall–Kier alpha value is -0.730. The Morgan fingerprint density at radius 2 is 2.20 bits per heavy atom. The number of rotatable bonds is 8. The van der Waals surface area contributed by atoms with Crippen LogP contribution in [-0.4, -0.2) is 31.7 Å². The first kappa shape index (κ1) is 14.3. The van der Waals surface area contributed by atoms with Crippen molar-refractivity contribution in [2.24, 2.45) is 0 Å². The summed E-state index contributed by atoms with van der Waals surface area (Å²) >= 11 is 0. The van der Waals surface area contributed by atoms with Crippen molar-refractivity contribution < 1.29 is 13.5 Å². The van der Waals surface area contributed by atoms with E-state index >= 15 is 0 Å². The molecule has 5 heteroatoms. The highest BCUT2D eigenvalue weighted by atomic mass is 19.3. The molecule has 0 bridgehead atoms. The number of hydrogen-bond acceptors (Lipinski definition) is 3. The van der Waals surface area contributed by atoms with Crippen molar-refractivity contribution >= 4 is 0 Å². The van der Waals surface area contributed by atoms with Gasteiger partial charge in [0.25, 0.3) is 6.43 Å². The first-order valence-corrected chi connectivity index (χ1v) is 5.06. The Bertz CT molecular complexity index is 206. The monoisotopic (exact) mass is 220 g/mol. The molecular weight excluding hydrogens is 202 g/mol. The smallest absolute Gasteiger partial charge is 0.261 e. The molecule has 0 saturated carbocycles. The van der Waals surface area contributed by atoms with Gasteiger partial charge < -0.3 is 4.74 Å². The van der Waals surface area contributed by atoms with Crippen LogP contribution in [0.25, 0.3) is 0 Å². The minimum Gasteiger partial charge on any atom is -0.376 e. The second-order valence-electron chi connectivity index (χ2n) is 3.54. The van der Waals surface area contributed by atoms with Crippen LogP contribution in [0.5, 0.6) is 0 Å². The van der Waals surface area contributed by atoms with E-state index in [9.17, 15) is 8.78 Å². The molecule has 1 atom stereocenters. The van der Waals surface area contributed by atoms with E-state index < -0.39 is 18.6 Å². The highest BCUT2D eigenvalue weighted by Gasteiger charge is 2.21. The standard InChI is InChI=1S/C10H18F2N2O/c1-3-14-10(2,8-13)5-4-6-15-7-9(11)12/h9,14H,3-7H2,1-2H3. The molecule has 0 radical (unpaired) electrons. The molecule has 88 valence electrons. The van der Waals surface area contributed by atoms with Crippen molar-refractivity contribution in [3.8, 4) is 6.07 Å². The fourth-order valence-corrected chi connectivity index (χ4v) is 1.27. The summed E-state index contributed by atoms with van der Waals surface area (Å²) in [6, 6.07) is 2.16. The Morgan fingerprint density at radius 3 is 2.67 bits per heavy atom. The normalized spacial score (nSPS) is 14.9. The quantitative estimate of drug-likeness (QED) is 0.636. The molecule has 15 heavy (non-hydrogen) atoms. The van der Waals surface area contributed by atoms with Gasteiger partial charge in [-0.15, -0.1) is 0 Å². The summed E-state index contributed by atoms with van der Waals surface area (Å²) in [7, 11) is 0. The van der Waals surface area contributed by atoms with Gasteiger partial charge in [0.05, 0.1) is 6.07 Å². The maximum Gasteiger partial charge on any atom is 0.261 e. The lowest BCUT2D eigenvalue weighted by atomic mass is 9.98.